The summed E-state index contributed by atoms with van der Waals surface area (Å²) in [5.74, 6) is -0.141. The van der Waals surface area contributed by atoms with Crippen molar-refractivity contribution in [1.82, 2.24) is 10.2 Å². The lowest BCUT2D eigenvalue weighted by Crippen LogP contribution is -2.60. The minimum atomic E-state index is -1.57. The van der Waals surface area contributed by atoms with Crippen LogP contribution in [0.25, 0.3) is 0 Å². The van der Waals surface area contributed by atoms with Gasteiger partial charge in [-0.3, -0.25) is 9.69 Å². The van der Waals surface area contributed by atoms with E-state index < -0.39 is 9.96 Å². The molecule has 0 unspecified atom stereocenters. The van der Waals surface area contributed by atoms with Crippen LogP contribution in [0.3, 0.4) is 0 Å². The van der Waals surface area contributed by atoms with Crippen molar-refractivity contribution in [3.63, 3.8) is 0 Å². The van der Waals surface area contributed by atoms with Crippen LogP contribution in [0.2, 0.25) is 0 Å². The van der Waals surface area contributed by atoms with E-state index >= 15 is 0 Å². The molecule has 0 saturated carbocycles. The molecule has 1 aliphatic heterocycles. The molecule has 4 nitrogen and oxygen atoms in total. The highest BCUT2D eigenvalue weighted by Crippen LogP contribution is 2.33. The first kappa shape index (κ1) is 16.3. The number of hydrogen-bond acceptors (Lipinski definition) is 3. The maximum Gasteiger partial charge on any atom is 0.223 e. The van der Waals surface area contributed by atoms with Gasteiger partial charge in [0, 0.05) is 19.5 Å². The number of hydrogen-bond donors (Lipinski definition) is 1. The second-order valence-corrected chi connectivity index (χ2v) is 6.95. The second-order valence-electron chi connectivity index (χ2n) is 4.58. The monoisotopic (exact) mass is 316 g/mol. The summed E-state index contributed by atoms with van der Waals surface area (Å²) >= 11 is 17.9. The third-order valence-electron chi connectivity index (χ3n) is 2.74. The summed E-state index contributed by atoms with van der Waals surface area (Å²) in [6.07, 6.45) is -0.194. The smallest absolute Gasteiger partial charge is 0.223 e. The van der Waals surface area contributed by atoms with Gasteiger partial charge >= 0.3 is 0 Å². The van der Waals surface area contributed by atoms with Crippen LogP contribution >= 0.6 is 34.8 Å². The van der Waals surface area contributed by atoms with Gasteiger partial charge in [-0.1, -0.05) is 41.7 Å². The van der Waals surface area contributed by atoms with Gasteiger partial charge in [-0.25, -0.2) is 0 Å². The number of halogens is 3. The predicted molar refractivity (Wildman–Crippen MR) is 74.1 cm³/mol. The Hall–Kier alpha value is 0.260. The van der Waals surface area contributed by atoms with Crippen molar-refractivity contribution in [3.05, 3.63) is 0 Å². The van der Waals surface area contributed by atoms with Gasteiger partial charge in [-0.05, 0) is 13.8 Å². The molecular weight excluding hydrogens is 298 g/mol. The van der Waals surface area contributed by atoms with Gasteiger partial charge in [0.15, 0.2) is 0 Å². The number of alkyl halides is 3. The molecule has 106 valence electrons. The molecule has 0 bridgehead atoms. The van der Waals surface area contributed by atoms with Crippen molar-refractivity contribution in [3.8, 4) is 0 Å². The molecule has 1 rings (SSSR count). The van der Waals surface area contributed by atoms with Crippen LogP contribution in [0.15, 0.2) is 0 Å². The first-order valence-corrected chi connectivity index (χ1v) is 7.13. The molecule has 0 radical (unpaired) electrons. The normalized spacial score (nSPS) is 27.9. The van der Waals surface area contributed by atoms with E-state index in [0.29, 0.717) is 19.5 Å². The fourth-order valence-electron chi connectivity index (χ4n) is 2.06. The number of amides is 1. The predicted octanol–water partition coefficient (Wildman–Crippen LogP) is 2.32. The number of nitrogens with one attached hydrogen (secondary N) is 1. The topological polar surface area (TPSA) is 41.6 Å². The van der Waals surface area contributed by atoms with E-state index in [9.17, 15) is 4.79 Å². The number of carbonyl (C=O) groups excluding carboxylic acids is 1. The van der Waals surface area contributed by atoms with Crippen LogP contribution < -0.4 is 5.32 Å². The average Bonchev–Trinajstić information content (AvgIpc) is 2.22. The largest absolute Gasteiger partial charge is 0.373 e. The van der Waals surface area contributed by atoms with Gasteiger partial charge in [0.05, 0.1) is 12.2 Å². The Morgan fingerprint density at radius 2 is 1.89 bits per heavy atom. The zero-order valence-electron chi connectivity index (χ0n) is 10.8. The number of morpholine rings is 1. The Morgan fingerprint density at radius 1 is 1.39 bits per heavy atom. The molecule has 1 aliphatic rings. The lowest BCUT2D eigenvalue weighted by Gasteiger charge is -2.42. The lowest BCUT2D eigenvalue weighted by atomic mass is 10.2. The van der Waals surface area contributed by atoms with E-state index in [1.165, 1.54) is 0 Å². The van der Waals surface area contributed by atoms with Gasteiger partial charge in [-0.2, -0.15) is 0 Å². The number of carbonyl (C=O) groups is 1. The standard InChI is InChI=1S/C11H19Cl3N2O2/c1-4-9(17)15-10(11(12,13)14)16-5-7(2)18-8(3)6-16/h7-8,10H,4-6H2,1-3H3,(H,15,17)/t7-,8-,10+/m1/s1. The van der Waals surface area contributed by atoms with Gasteiger partial charge in [-0.15, -0.1) is 0 Å². The SMILES string of the molecule is CCC(=O)N[C@@H](N1C[C@@H](C)O[C@H](C)C1)C(Cl)(Cl)Cl. The van der Waals surface area contributed by atoms with Crippen molar-refractivity contribution in [2.24, 2.45) is 0 Å². The molecule has 1 N–H and O–H groups in total. The third-order valence-corrected chi connectivity index (χ3v) is 3.36. The third kappa shape index (κ3) is 4.74. The molecule has 1 saturated heterocycles. The van der Waals surface area contributed by atoms with Crippen molar-refractivity contribution in [2.45, 2.75) is 49.4 Å². The first-order valence-electron chi connectivity index (χ1n) is 5.99. The van der Waals surface area contributed by atoms with Crippen LogP contribution in [-0.4, -0.2) is 46.1 Å². The Morgan fingerprint density at radius 3 is 2.28 bits per heavy atom. The molecule has 3 atom stereocenters. The van der Waals surface area contributed by atoms with Gasteiger partial charge < -0.3 is 10.1 Å². The molecule has 1 amide bonds. The molecule has 0 aliphatic carbocycles. The summed E-state index contributed by atoms with van der Waals surface area (Å²) < 4.78 is 4.06. The zero-order chi connectivity index (χ0) is 13.9. The molecule has 0 aromatic heterocycles. The summed E-state index contributed by atoms with van der Waals surface area (Å²) in [4.78, 5) is 13.5. The fourth-order valence-corrected chi connectivity index (χ4v) is 2.64. The Labute approximate surface area is 123 Å². The highest BCUT2D eigenvalue weighted by atomic mass is 35.6. The summed E-state index contributed by atoms with van der Waals surface area (Å²) in [5.41, 5.74) is 0. The van der Waals surface area contributed by atoms with E-state index in [1.54, 1.807) is 6.92 Å². The number of nitrogens with zero attached hydrogens (tertiary/aromatic N) is 1. The van der Waals surface area contributed by atoms with Crippen molar-refractivity contribution in [1.29, 1.82) is 0 Å². The lowest BCUT2D eigenvalue weighted by molar-refractivity contribution is -0.126. The molecule has 0 aromatic carbocycles. The van der Waals surface area contributed by atoms with Crippen LogP contribution in [-0.2, 0) is 9.53 Å². The molecule has 0 spiro atoms. The fraction of sp³-hybridized carbons (Fsp3) is 0.909. The first-order chi connectivity index (χ1) is 8.24. The van der Waals surface area contributed by atoms with E-state index in [2.05, 4.69) is 5.32 Å². The average molecular weight is 318 g/mol. The van der Waals surface area contributed by atoms with Gasteiger partial charge in [0.1, 0.15) is 6.17 Å². The molecule has 1 heterocycles. The minimum Gasteiger partial charge on any atom is -0.373 e. The Kier molecular flexibility index (Phi) is 6.00. The minimum absolute atomic E-state index is 0.0436. The van der Waals surface area contributed by atoms with Crippen LogP contribution in [0, 0.1) is 0 Å². The Balaban J connectivity index is 2.79. The highest BCUT2D eigenvalue weighted by molar-refractivity contribution is 6.68. The van der Waals surface area contributed by atoms with E-state index in [1.807, 2.05) is 18.7 Å². The van der Waals surface area contributed by atoms with E-state index in [-0.39, 0.29) is 18.1 Å². The van der Waals surface area contributed by atoms with Gasteiger partial charge in [0.2, 0.25) is 9.70 Å². The number of ether oxygens (including phenoxy) is 1. The van der Waals surface area contributed by atoms with E-state index in [0.717, 1.165) is 0 Å². The molecule has 18 heavy (non-hydrogen) atoms. The summed E-state index contributed by atoms with van der Waals surface area (Å²) in [7, 11) is 0. The maximum absolute atomic E-state index is 11.5. The zero-order valence-corrected chi connectivity index (χ0v) is 13.0. The van der Waals surface area contributed by atoms with E-state index in [4.69, 9.17) is 39.5 Å². The van der Waals surface area contributed by atoms with Crippen LogP contribution in [0.1, 0.15) is 27.2 Å². The maximum atomic E-state index is 11.5. The summed E-state index contributed by atoms with van der Waals surface area (Å²) in [5, 5.41) is 2.75. The molecule has 1 fully saturated rings. The highest BCUT2D eigenvalue weighted by Gasteiger charge is 2.40. The molecular formula is C11H19Cl3N2O2. The van der Waals surface area contributed by atoms with Crippen molar-refractivity contribution >= 4 is 40.7 Å². The second kappa shape index (κ2) is 6.62. The molecule has 7 heteroatoms. The quantitative estimate of drug-likeness (QED) is 0.812. The Bertz CT molecular complexity index is 287. The van der Waals surface area contributed by atoms with Crippen molar-refractivity contribution < 1.29 is 9.53 Å². The summed E-state index contributed by atoms with van der Waals surface area (Å²) in [6, 6.07) is 0. The van der Waals surface area contributed by atoms with Gasteiger partial charge in [0.25, 0.3) is 0 Å². The number of rotatable bonds is 3. The molecule has 0 aromatic rings. The van der Waals surface area contributed by atoms with Crippen LogP contribution in [0.4, 0.5) is 0 Å². The van der Waals surface area contributed by atoms with Crippen molar-refractivity contribution in [2.75, 3.05) is 13.1 Å². The summed E-state index contributed by atoms with van der Waals surface area (Å²) in [6.45, 7) is 6.91. The van der Waals surface area contributed by atoms with Crippen LogP contribution in [0.5, 0.6) is 0 Å².